The van der Waals surface area contributed by atoms with Crippen molar-refractivity contribution in [2.45, 2.75) is 18.4 Å². The Morgan fingerprint density at radius 1 is 1.36 bits per heavy atom. The van der Waals surface area contributed by atoms with E-state index in [-0.39, 0.29) is 6.09 Å². The van der Waals surface area contributed by atoms with Gasteiger partial charge in [-0.05, 0) is 0 Å². The number of aliphatic hydroxyl groups is 1. The summed E-state index contributed by atoms with van der Waals surface area (Å²) in [7, 11) is 0. The second-order valence-corrected chi connectivity index (χ2v) is 3.87. The van der Waals surface area contributed by atoms with Crippen molar-refractivity contribution in [2.24, 2.45) is 0 Å². The van der Waals surface area contributed by atoms with Crippen LogP contribution < -0.4 is 0 Å². The average molecular weight is 201 g/mol. The van der Waals surface area contributed by atoms with Crippen LogP contribution >= 0.6 is 0 Å². The van der Waals surface area contributed by atoms with Crippen molar-refractivity contribution < 1.29 is 19.4 Å². The maximum Gasteiger partial charge on any atom is 0.410 e. The van der Waals surface area contributed by atoms with Crippen LogP contribution in [0.2, 0.25) is 0 Å². The van der Waals surface area contributed by atoms with Crippen molar-refractivity contribution >= 4 is 6.09 Å². The maximum atomic E-state index is 11.2. The van der Waals surface area contributed by atoms with Gasteiger partial charge in [0.2, 0.25) is 0 Å². The molecular formula is C9H15NO4. The van der Waals surface area contributed by atoms with Gasteiger partial charge >= 0.3 is 6.09 Å². The molecule has 0 aliphatic carbocycles. The molecule has 2 aliphatic rings. The number of ether oxygens (including phenoxy) is 2. The maximum absolute atomic E-state index is 11.2. The summed E-state index contributed by atoms with van der Waals surface area (Å²) in [6.07, 6.45) is 0.873. The highest BCUT2D eigenvalue weighted by atomic mass is 16.6. The first kappa shape index (κ1) is 9.73. The first-order valence-corrected chi connectivity index (χ1v) is 4.91. The van der Waals surface area contributed by atoms with Gasteiger partial charge in [0, 0.05) is 26.1 Å². The average Bonchev–Trinajstić information content (AvgIpc) is 2.52. The molecule has 2 fully saturated rings. The lowest BCUT2D eigenvalue weighted by Crippen LogP contribution is -2.47. The second-order valence-electron chi connectivity index (χ2n) is 3.87. The lowest BCUT2D eigenvalue weighted by Gasteiger charge is -2.34. The Bertz CT molecular complexity index is 225. The molecule has 2 saturated heterocycles. The summed E-state index contributed by atoms with van der Waals surface area (Å²) in [6.45, 7) is 2.53. The van der Waals surface area contributed by atoms with Gasteiger partial charge in [0.05, 0.1) is 18.7 Å². The van der Waals surface area contributed by atoms with Crippen molar-refractivity contribution in [3.05, 3.63) is 0 Å². The van der Waals surface area contributed by atoms with Crippen LogP contribution in [-0.4, -0.2) is 54.6 Å². The third-order valence-corrected chi connectivity index (χ3v) is 2.75. The molecule has 2 rings (SSSR count). The van der Waals surface area contributed by atoms with Crippen LogP contribution in [0.1, 0.15) is 12.8 Å². The van der Waals surface area contributed by atoms with Gasteiger partial charge in [-0.2, -0.15) is 0 Å². The zero-order valence-corrected chi connectivity index (χ0v) is 8.07. The third kappa shape index (κ3) is 1.99. The summed E-state index contributed by atoms with van der Waals surface area (Å²) in [6, 6.07) is 0. The predicted octanol–water partition coefficient (Wildman–Crippen LogP) is -0.0199. The van der Waals surface area contributed by atoms with E-state index in [2.05, 4.69) is 0 Å². The lowest BCUT2D eigenvalue weighted by atomic mass is 9.94. The zero-order valence-electron chi connectivity index (χ0n) is 8.07. The molecule has 0 atom stereocenters. The Labute approximate surface area is 82.6 Å². The van der Waals surface area contributed by atoms with E-state index in [4.69, 9.17) is 9.47 Å². The number of carbonyl (C=O) groups is 1. The Morgan fingerprint density at radius 3 is 2.64 bits per heavy atom. The molecular weight excluding hydrogens is 186 g/mol. The smallest absolute Gasteiger partial charge is 0.410 e. The molecule has 0 aromatic rings. The van der Waals surface area contributed by atoms with Crippen molar-refractivity contribution in [3.63, 3.8) is 0 Å². The molecule has 0 saturated carbocycles. The number of cyclic esters (lactones) is 1. The molecule has 0 unspecified atom stereocenters. The normalized spacial score (nSPS) is 26.4. The van der Waals surface area contributed by atoms with E-state index >= 15 is 0 Å². The fourth-order valence-corrected chi connectivity index (χ4v) is 1.83. The summed E-state index contributed by atoms with van der Waals surface area (Å²) in [4.78, 5) is 12.7. The van der Waals surface area contributed by atoms with E-state index in [1.165, 1.54) is 0 Å². The van der Waals surface area contributed by atoms with Gasteiger partial charge in [0.25, 0.3) is 0 Å². The first-order valence-electron chi connectivity index (χ1n) is 4.91. The number of β-amino-alcohol motifs (C(OH)–C–C–N with tert-alkyl or cyclic N) is 1. The molecule has 2 aliphatic heterocycles. The second kappa shape index (κ2) is 3.74. The molecule has 2 heterocycles. The summed E-state index contributed by atoms with van der Waals surface area (Å²) < 4.78 is 9.96. The van der Waals surface area contributed by atoms with E-state index in [0.717, 1.165) is 0 Å². The highest BCUT2D eigenvalue weighted by Crippen LogP contribution is 2.22. The fourth-order valence-electron chi connectivity index (χ4n) is 1.83. The molecule has 14 heavy (non-hydrogen) atoms. The van der Waals surface area contributed by atoms with Crippen LogP contribution in [0.5, 0.6) is 0 Å². The highest BCUT2D eigenvalue weighted by Gasteiger charge is 2.35. The van der Waals surface area contributed by atoms with Gasteiger partial charge in [-0.1, -0.05) is 0 Å². The molecule has 0 spiro atoms. The Kier molecular flexibility index (Phi) is 2.60. The van der Waals surface area contributed by atoms with Crippen LogP contribution in [0.3, 0.4) is 0 Å². The minimum absolute atomic E-state index is 0.315. The monoisotopic (exact) mass is 201 g/mol. The summed E-state index contributed by atoms with van der Waals surface area (Å²) in [5, 5.41) is 10.1. The Balaban J connectivity index is 1.91. The van der Waals surface area contributed by atoms with E-state index in [1.54, 1.807) is 4.90 Å². The number of nitrogens with zero attached hydrogens (tertiary/aromatic N) is 1. The first-order chi connectivity index (χ1) is 6.70. The lowest BCUT2D eigenvalue weighted by molar-refractivity contribution is -0.0733. The molecule has 0 aromatic heterocycles. The third-order valence-electron chi connectivity index (χ3n) is 2.75. The minimum Gasteiger partial charge on any atom is -0.448 e. The Hall–Kier alpha value is -0.810. The van der Waals surface area contributed by atoms with E-state index in [1.807, 2.05) is 0 Å². The zero-order chi connectivity index (χ0) is 10.0. The van der Waals surface area contributed by atoms with Crippen molar-refractivity contribution in [2.75, 3.05) is 32.9 Å². The molecule has 1 amide bonds. The highest BCUT2D eigenvalue weighted by molar-refractivity contribution is 5.69. The molecule has 5 heteroatoms. The standard InChI is InChI=1S/C9H15NO4/c11-8-10(3-6-14-8)7-9(12)1-4-13-5-2-9/h12H,1-7H2. The van der Waals surface area contributed by atoms with Crippen LogP contribution in [0.25, 0.3) is 0 Å². The van der Waals surface area contributed by atoms with Crippen LogP contribution in [0.4, 0.5) is 4.79 Å². The summed E-state index contributed by atoms with van der Waals surface area (Å²) >= 11 is 0. The van der Waals surface area contributed by atoms with Crippen LogP contribution in [0.15, 0.2) is 0 Å². The molecule has 0 aromatic carbocycles. The van der Waals surface area contributed by atoms with E-state index in [0.29, 0.717) is 45.8 Å². The number of rotatable bonds is 2. The van der Waals surface area contributed by atoms with Crippen molar-refractivity contribution in [3.8, 4) is 0 Å². The number of hydrogen-bond acceptors (Lipinski definition) is 4. The predicted molar refractivity (Wildman–Crippen MR) is 47.9 cm³/mol. The topological polar surface area (TPSA) is 59.0 Å². The quantitative estimate of drug-likeness (QED) is 0.682. The molecule has 5 nitrogen and oxygen atoms in total. The number of carbonyl (C=O) groups excluding carboxylic acids is 1. The van der Waals surface area contributed by atoms with Crippen LogP contribution in [0, 0.1) is 0 Å². The fraction of sp³-hybridized carbons (Fsp3) is 0.889. The van der Waals surface area contributed by atoms with Gasteiger partial charge in [-0.15, -0.1) is 0 Å². The van der Waals surface area contributed by atoms with Crippen molar-refractivity contribution in [1.82, 2.24) is 4.90 Å². The molecule has 0 radical (unpaired) electrons. The van der Waals surface area contributed by atoms with E-state index in [9.17, 15) is 9.90 Å². The van der Waals surface area contributed by atoms with Crippen molar-refractivity contribution in [1.29, 1.82) is 0 Å². The van der Waals surface area contributed by atoms with Crippen LogP contribution in [-0.2, 0) is 9.47 Å². The molecule has 0 bridgehead atoms. The van der Waals surface area contributed by atoms with Gasteiger partial charge in [-0.25, -0.2) is 4.79 Å². The van der Waals surface area contributed by atoms with Gasteiger partial charge in [0.15, 0.2) is 0 Å². The molecule has 1 N–H and O–H groups in total. The number of hydrogen-bond donors (Lipinski definition) is 1. The molecule has 80 valence electrons. The van der Waals surface area contributed by atoms with E-state index < -0.39 is 5.60 Å². The van der Waals surface area contributed by atoms with Gasteiger partial charge < -0.3 is 19.5 Å². The minimum atomic E-state index is -0.776. The summed E-state index contributed by atoms with van der Waals surface area (Å²) in [5.74, 6) is 0. The SMILES string of the molecule is O=C1OCCN1CC1(O)CCOCC1. The summed E-state index contributed by atoms with van der Waals surface area (Å²) in [5.41, 5.74) is -0.776. The largest absolute Gasteiger partial charge is 0.448 e. The number of amides is 1. The van der Waals surface area contributed by atoms with Gasteiger partial charge in [0.1, 0.15) is 6.61 Å². The van der Waals surface area contributed by atoms with Gasteiger partial charge in [-0.3, -0.25) is 0 Å². The Morgan fingerprint density at radius 2 is 2.07 bits per heavy atom.